The Kier molecular flexibility index (Phi) is 4.41. The van der Waals surface area contributed by atoms with E-state index in [1.54, 1.807) is 0 Å². The second-order valence-corrected chi connectivity index (χ2v) is 5.13. The summed E-state index contributed by atoms with van der Waals surface area (Å²) >= 11 is 3.18. The molecule has 0 radical (unpaired) electrons. The molecule has 0 fully saturated rings. The van der Waals surface area contributed by atoms with E-state index in [0.717, 1.165) is 18.2 Å². The first kappa shape index (κ1) is 15.6. The maximum atomic E-state index is 12.9. The van der Waals surface area contributed by atoms with Crippen molar-refractivity contribution in [3.8, 4) is 5.75 Å². The zero-order valence-corrected chi connectivity index (χ0v) is 12.1. The number of benzene rings is 2. The van der Waals surface area contributed by atoms with E-state index in [-0.39, 0.29) is 18.0 Å². The summed E-state index contributed by atoms with van der Waals surface area (Å²) in [4.78, 5) is 0. The normalized spacial score (nSPS) is 11.5. The van der Waals surface area contributed by atoms with Crippen LogP contribution in [-0.4, -0.2) is 0 Å². The van der Waals surface area contributed by atoms with Crippen molar-refractivity contribution in [3.05, 3.63) is 57.8 Å². The monoisotopic (exact) mass is 363 g/mol. The van der Waals surface area contributed by atoms with Gasteiger partial charge in [-0.15, -0.1) is 0 Å². The summed E-state index contributed by atoms with van der Waals surface area (Å²) in [6.45, 7) is 0.0520. The Morgan fingerprint density at radius 2 is 1.81 bits per heavy atom. The topological polar surface area (TPSA) is 35.2 Å². The lowest BCUT2D eigenvalue weighted by Crippen LogP contribution is -2.07. The third-order valence-electron chi connectivity index (χ3n) is 2.74. The van der Waals surface area contributed by atoms with Crippen LogP contribution in [0, 0.1) is 5.82 Å². The average molecular weight is 364 g/mol. The summed E-state index contributed by atoms with van der Waals surface area (Å²) in [6.07, 6.45) is -4.45. The van der Waals surface area contributed by atoms with Gasteiger partial charge in [0.2, 0.25) is 0 Å². The van der Waals surface area contributed by atoms with Crippen LogP contribution in [0.15, 0.2) is 40.9 Å². The van der Waals surface area contributed by atoms with E-state index < -0.39 is 17.6 Å². The standard InChI is InChI=1S/C14H10BrF4NO/c15-11-6-10(16)3-1-8(11)7-21-13-4-2-9(5-12(13)20)14(17,18)19/h1-6H,7,20H2. The first-order valence-electron chi connectivity index (χ1n) is 5.81. The summed E-state index contributed by atoms with van der Waals surface area (Å²) in [5, 5.41) is 0. The van der Waals surface area contributed by atoms with E-state index in [1.807, 2.05) is 0 Å². The molecule has 2 rings (SSSR count). The van der Waals surface area contributed by atoms with Gasteiger partial charge in [-0.3, -0.25) is 0 Å². The fraction of sp³-hybridized carbons (Fsp3) is 0.143. The summed E-state index contributed by atoms with van der Waals surface area (Å²) in [5.41, 5.74) is 5.25. The van der Waals surface area contributed by atoms with Crippen LogP contribution < -0.4 is 10.5 Å². The van der Waals surface area contributed by atoms with Crippen LogP contribution in [-0.2, 0) is 12.8 Å². The molecule has 0 saturated carbocycles. The zero-order valence-electron chi connectivity index (χ0n) is 10.5. The van der Waals surface area contributed by atoms with Crippen molar-refractivity contribution >= 4 is 21.6 Å². The molecular formula is C14H10BrF4NO. The molecule has 2 N–H and O–H groups in total. The van der Waals surface area contributed by atoms with Gasteiger partial charge in [0.1, 0.15) is 18.2 Å². The van der Waals surface area contributed by atoms with Gasteiger partial charge in [0.05, 0.1) is 11.3 Å². The molecule has 0 saturated heterocycles. The minimum Gasteiger partial charge on any atom is -0.487 e. The summed E-state index contributed by atoms with van der Waals surface area (Å²) in [7, 11) is 0. The molecule has 0 aliphatic rings. The first-order valence-corrected chi connectivity index (χ1v) is 6.60. The molecule has 21 heavy (non-hydrogen) atoms. The minimum absolute atomic E-state index is 0.0520. The Bertz CT molecular complexity index is 658. The fourth-order valence-electron chi connectivity index (χ4n) is 1.65. The number of ether oxygens (including phenoxy) is 1. The predicted molar refractivity (Wildman–Crippen MR) is 74.3 cm³/mol. The lowest BCUT2D eigenvalue weighted by atomic mass is 10.2. The number of nitrogens with two attached hydrogens (primary N) is 1. The smallest absolute Gasteiger partial charge is 0.416 e. The van der Waals surface area contributed by atoms with Crippen molar-refractivity contribution in [2.45, 2.75) is 12.8 Å². The number of rotatable bonds is 3. The highest BCUT2D eigenvalue weighted by Gasteiger charge is 2.30. The Labute approximate surface area is 126 Å². The van der Waals surface area contributed by atoms with Crippen molar-refractivity contribution in [3.63, 3.8) is 0 Å². The second kappa shape index (κ2) is 5.93. The molecule has 0 heterocycles. The lowest BCUT2D eigenvalue weighted by molar-refractivity contribution is -0.137. The fourth-order valence-corrected chi connectivity index (χ4v) is 2.12. The Morgan fingerprint density at radius 1 is 1.10 bits per heavy atom. The SMILES string of the molecule is Nc1cc(C(F)(F)F)ccc1OCc1ccc(F)cc1Br. The van der Waals surface area contributed by atoms with E-state index >= 15 is 0 Å². The Balaban J connectivity index is 2.13. The molecule has 112 valence electrons. The zero-order chi connectivity index (χ0) is 15.6. The van der Waals surface area contributed by atoms with Gasteiger partial charge in [-0.1, -0.05) is 22.0 Å². The van der Waals surface area contributed by atoms with Crippen LogP contribution in [0.25, 0.3) is 0 Å². The molecule has 0 unspecified atom stereocenters. The molecule has 0 bridgehead atoms. The van der Waals surface area contributed by atoms with Crippen LogP contribution in [0.3, 0.4) is 0 Å². The highest BCUT2D eigenvalue weighted by molar-refractivity contribution is 9.10. The molecule has 0 spiro atoms. The van der Waals surface area contributed by atoms with Gasteiger partial charge in [0, 0.05) is 10.0 Å². The van der Waals surface area contributed by atoms with Gasteiger partial charge in [-0.2, -0.15) is 13.2 Å². The first-order chi connectivity index (χ1) is 9.77. The summed E-state index contributed by atoms with van der Waals surface area (Å²) < 4.78 is 56.3. The van der Waals surface area contributed by atoms with Crippen molar-refractivity contribution in [2.24, 2.45) is 0 Å². The highest BCUT2D eigenvalue weighted by atomic mass is 79.9. The quantitative estimate of drug-likeness (QED) is 0.629. The lowest BCUT2D eigenvalue weighted by Gasteiger charge is -2.12. The molecule has 2 nitrogen and oxygen atoms in total. The minimum atomic E-state index is -4.45. The highest BCUT2D eigenvalue weighted by Crippen LogP contribution is 2.34. The van der Waals surface area contributed by atoms with Gasteiger partial charge in [-0.25, -0.2) is 4.39 Å². The Hall–Kier alpha value is -1.76. The molecule has 0 atom stereocenters. The van der Waals surface area contributed by atoms with Crippen LogP contribution in [0.4, 0.5) is 23.2 Å². The molecule has 2 aromatic rings. The molecular weight excluding hydrogens is 354 g/mol. The third-order valence-corrected chi connectivity index (χ3v) is 3.47. The molecule has 0 aliphatic carbocycles. The summed E-state index contributed by atoms with van der Waals surface area (Å²) in [5.74, 6) is -0.265. The number of hydrogen-bond donors (Lipinski definition) is 1. The van der Waals surface area contributed by atoms with Crippen LogP contribution in [0.1, 0.15) is 11.1 Å². The maximum Gasteiger partial charge on any atom is 0.416 e. The number of nitrogen functional groups attached to an aromatic ring is 1. The van der Waals surface area contributed by atoms with E-state index in [2.05, 4.69) is 15.9 Å². The molecule has 7 heteroatoms. The van der Waals surface area contributed by atoms with Crippen molar-refractivity contribution in [1.82, 2.24) is 0 Å². The van der Waals surface area contributed by atoms with Crippen molar-refractivity contribution < 1.29 is 22.3 Å². The van der Waals surface area contributed by atoms with E-state index in [4.69, 9.17) is 10.5 Å². The molecule has 0 aliphatic heterocycles. The maximum absolute atomic E-state index is 12.9. The van der Waals surface area contributed by atoms with E-state index in [1.165, 1.54) is 18.2 Å². The van der Waals surface area contributed by atoms with E-state index in [0.29, 0.717) is 10.0 Å². The van der Waals surface area contributed by atoms with Gasteiger partial charge >= 0.3 is 6.18 Å². The van der Waals surface area contributed by atoms with Crippen LogP contribution >= 0.6 is 15.9 Å². The van der Waals surface area contributed by atoms with Gasteiger partial charge < -0.3 is 10.5 Å². The third kappa shape index (κ3) is 3.87. The molecule has 0 aromatic heterocycles. The Morgan fingerprint density at radius 3 is 2.38 bits per heavy atom. The van der Waals surface area contributed by atoms with Crippen molar-refractivity contribution in [2.75, 3.05) is 5.73 Å². The van der Waals surface area contributed by atoms with Gasteiger partial charge in [-0.05, 0) is 30.3 Å². The number of halogens is 5. The second-order valence-electron chi connectivity index (χ2n) is 4.27. The number of alkyl halides is 3. The molecule has 0 amide bonds. The largest absolute Gasteiger partial charge is 0.487 e. The van der Waals surface area contributed by atoms with Crippen LogP contribution in [0.2, 0.25) is 0 Å². The number of hydrogen-bond acceptors (Lipinski definition) is 2. The van der Waals surface area contributed by atoms with Crippen LogP contribution in [0.5, 0.6) is 5.75 Å². The van der Waals surface area contributed by atoms with E-state index in [9.17, 15) is 17.6 Å². The average Bonchev–Trinajstić information content (AvgIpc) is 2.38. The van der Waals surface area contributed by atoms with Crippen molar-refractivity contribution in [1.29, 1.82) is 0 Å². The predicted octanol–water partition coefficient (Wildman–Crippen LogP) is 4.77. The summed E-state index contributed by atoms with van der Waals surface area (Å²) in [6, 6.07) is 6.92. The number of anilines is 1. The molecule has 2 aromatic carbocycles. The van der Waals surface area contributed by atoms with Gasteiger partial charge in [0.25, 0.3) is 0 Å². The van der Waals surface area contributed by atoms with Gasteiger partial charge in [0.15, 0.2) is 0 Å².